The van der Waals surface area contributed by atoms with E-state index in [1.807, 2.05) is 18.4 Å². The van der Waals surface area contributed by atoms with Crippen LogP contribution in [0.4, 0.5) is 14.5 Å². The maximum Gasteiger partial charge on any atom is 0.387 e. The monoisotopic (exact) mass is 390 g/mol. The van der Waals surface area contributed by atoms with E-state index in [4.69, 9.17) is 0 Å². The summed E-state index contributed by atoms with van der Waals surface area (Å²) in [6, 6.07) is 13.2. The van der Waals surface area contributed by atoms with E-state index >= 15 is 0 Å². The molecule has 1 aromatic heterocycles. The summed E-state index contributed by atoms with van der Waals surface area (Å²) in [5, 5.41) is 10.7. The predicted octanol–water partition coefficient (Wildman–Crippen LogP) is 4.73. The second-order valence-corrected chi connectivity index (χ2v) is 7.43. The molecule has 2 aromatic carbocycles. The lowest BCUT2D eigenvalue weighted by Crippen LogP contribution is -2.21. The molecule has 7 heteroatoms. The maximum atomic E-state index is 12.7. The van der Waals surface area contributed by atoms with Crippen molar-refractivity contribution in [2.24, 2.45) is 0 Å². The summed E-state index contributed by atoms with van der Waals surface area (Å²) < 4.78 is 30.1. The molecule has 1 fully saturated rings. The van der Waals surface area contributed by atoms with Gasteiger partial charge < -0.3 is 19.7 Å². The van der Waals surface area contributed by atoms with Crippen LogP contribution in [-0.2, 0) is 0 Å². The summed E-state index contributed by atoms with van der Waals surface area (Å²) >= 11 is 1.64. The lowest BCUT2D eigenvalue weighted by Gasteiger charge is -2.22. The van der Waals surface area contributed by atoms with Gasteiger partial charge in [-0.2, -0.15) is 8.78 Å². The Kier molecular flexibility index (Phi) is 4.97. The van der Waals surface area contributed by atoms with Crippen molar-refractivity contribution in [3.63, 3.8) is 0 Å². The number of aliphatic hydroxyl groups excluding tert-OH is 1. The van der Waals surface area contributed by atoms with Crippen molar-refractivity contribution in [1.82, 2.24) is 4.98 Å². The minimum Gasteiger partial charge on any atom is -0.433 e. The third kappa shape index (κ3) is 3.61. The van der Waals surface area contributed by atoms with Gasteiger partial charge in [-0.15, -0.1) is 11.8 Å². The summed E-state index contributed by atoms with van der Waals surface area (Å²) in [7, 11) is 0. The van der Waals surface area contributed by atoms with Gasteiger partial charge in [0, 0.05) is 40.3 Å². The lowest BCUT2D eigenvalue weighted by atomic mass is 10.1. The van der Waals surface area contributed by atoms with E-state index in [2.05, 4.69) is 32.8 Å². The maximum absolute atomic E-state index is 12.7. The Morgan fingerprint density at radius 2 is 2.11 bits per heavy atom. The van der Waals surface area contributed by atoms with Crippen LogP contribution in [0, 0.1) is 0 Å². The number of aromatic nitrogens is 1. The zero-order valence-electron chi connectivity index (χ0n) is 14.8. The van der Waals surface area contributed by atoms with Crippen LogP contribution in [0.25, 0.3) is 22.2 Å². The normalized spacial score (nSPS) is 17.2. The van der Waals surface area contributed by atoms with Gasteiger partial charge in [0.15, 0.2) is 0 Å². The fourth-order valence-corrected chi connectivity index (χ4v) is 4.00. The molecule has 27 heavy (non-hydrogen) atoms. The van der Waals surface area contributed by atoms with E-state index in [1.54, 1.807) is 17.8 Å². The molecule has 1 atom stereocenters. The van der Waals surface area contributed by atoms with E-state index in [1.165, 1.54) is 6.07 Å². The summed E-state index contributed by atoms with van der Waals surface area (Å²) in [5.41, 5.74) is 3.39. The minimum absolute atomic E-state index is 0.132. The average Bonchev–Trinajstić information content (AvgIpc) is 3.27. The predicted molar refractivity (Wildman–Crippen MR) is 105 cm³/mol. The van der Waals surface area contributed by atoms with Crippen molar-refractivity contribution in [2.75, 3.05) is 24.2 Å². The zero-order chi connectivity index (χ0) is 19.0. The number of rotatable bonds is 5. The van der Waals surface area contributed by atoms with E-state index < -0.39 is 6.61 Å². The number of hydrogen-bond acceptors (Lipinski definition) is 4. The molecule has 2 N–H and O–H groups in total. The summed E-state index contributed by atoms with van der Waals surface area (Å²) in [4.78, 5) is 6.52. The summed E-state index contributed by atoms with van der Waals surface area (Å²) in [6.07, 6.45) is 2.42. The van der Waals surface area contributed by atoms with E-state index in [0.717, 1.165) is 40.2 Å². The smallest absolute Gasteiger partial charge is 0.387 e. The molecule has 0 amide bonds. The molecule has 1 aliphatic heterocycles. The van der Waals surface area contributed by atoms with Gasteiger partial charge in [-0.05, 0) is 43.0 Å². The fourth-order valence-electron chi connectivity index (χ4n) is 3.56. The molecule has 142 valence electrons. The number of aliphatic hydroxyl groups is 1. The Bertz CT molecular complexity index is 960. The van der Waals surface area contributed by atoms with Gasteiger partial charge in [0.25, 0.3) is 0 Å². The number of nitrogens with zero attached hydrogens (tertiary/aromatic N) is 1. The van der Waals surface area contributed by atoms with Crippen molar-refractivity contribution in [2.45, 2.75) is 24.0 Å². The van der Waals surface area contributed by atoms with Crippen LogP contribution in [0.3, 0.4) is 0 Å². The van der Waals surface area contributed by atoms with Crippen molar-refractivity contribution in [1.29, 1.82) is 0 Å². The van der Waals surface area contributed by atoms with Crippen LogP contribution < -0.4 is 9.64 Å². The lowest BCUT2D eigenvalue weighted by molar-refractivity contribution is -0.0489. The van der Waals surface area contributed by atoms with Gasteiger partial charge >= 0.3 is 6.61 Å². The SMILES string of the molecule is CSc1ccc(N2CCC(O)C2)c(-c2cc3cccc(OC(F)F)c3[nH]2)c1. The Hall–Kier alpha value is -2.25. The van der Waals surface area contributed by atoms with Crippen LogP contribution in [0.15, 0.2) is 47.4 Å². The molecule has 0 spiro atoms. The molecule has 1 unspecified atom stereocenters. The highest BCUT2D eigenvalue weighted by Crippen LogP contribution is 2.38. The van der Waals surface area contributed by atoms with Crippen molar-refractivity contribution in [3.8, 4) is 17.0 Å². The Morgan fingerprint density at radius 1 is 1.26 bits per heavy atom. The number of fused-ring (bicyclic) bond motifs is 1. The number of ether oxygens (including phenoxy) is 1. The van der Waals surface area contributed by atoms with Gasteiger partial charge in [-0.25, -0.2) is 0 Å². The first-order valence-corrected chi connectivity index (χ1v) is 9.95. The molecule has 1 aliphatic rings. The molecule has 3 aromatic rings. The number of anilines is 1. The second kappa shape index (κ2) is 7.40. The third-order valence-electron chi connectivity index (χ3n) is 4.83. The summed E-state index contributed by atoms with van der Waals surface area (Å²) in [6.45, 7) is -1.50. The molecule has 2 heterocycles. The first-order chi connectivity index (χ1) is 13.0. The molecule has 0 radical (unpaired) electrons. The van der Waals surface area contributed by atoms with Gasteiger partial charge in [-0.3, -0.25) is 0 Å². The quantitative estimate of drug-likeness (QED) is 0.619. The molecule has 0 aliphatic carbocycles. The minimum atomic E-state index is -2.87. The van der Waals surface area contributed by atoms with Crippen LogP contribution >= 0.6 is 11.8 Å². The third-order valence-corrected chi connectivity index (χ3v) is 5.56. The number of H-pyrrole nitrogens is 1. The van der Waals surface area contributed by atoms with Crippen LogP contribution in [0.1, 0.15) is 6.42 Å². The fraction of sp³-hybridized carbons (Fsp3) is 0.300. The molecule has 0 saturated carbocycles. The highest BCUT2D eigenvalue weighted by molar-refractivity contribution is 7.98. The van der Waals surface area contributed by atoms with Crippen molar-refractivity contribution in [3.05, 3.63) is 42.5 Å². The van der Waals surface area contributed by atoms with Gasteiger partial charge in [-0.1, -0.05) is 12.1 Å². The molecular weight excluding hydrogens is 370 g/mol. The van der Waals surface area contributed by atoms with Crippen molar-refractivity contribution >= 4 is 28.4 Å². The number of nitrogens with one attached hydrogen (secondary N) is 1. The molecule has 0 bridgehead atoms. The Balaban J connectivity index is 1.82. The number of β-amino-alcohol motifs (C(OH)–C–C–N with tert-alkyl or cyclic N) is 1. The number of halogens is 2. The summed E-state index contributed by atoms with van der Waals surface area (Å²) in [5.74, 6) is 0.132. The number of hydrogen-bond donors (Lipinski definition) is 2. The molecule has 4 nitrogen and oxygen atoms in total. The Labute approximate surface area is 160 Å². The number of para-hydroxylation sites is 1. The second-order valence-electron chi connectivity index (χ2n) is 6.55. The van der Waals surface area contributed by atoms with Crippen LogP contribution in [0.5, 0.6) is 5.75 Å². The molecule has 1 saturated heterocycles. The Morgan fingerprint density at radius 3 is 2.81 bits per heavy atom. The van der Waals surface area contributed by atoms with E-state index in [-0.39, 0.29) is 11.9 Å². The molecule has 4 rings (SSSR count). The molecular formula is C20H20F2N2O2S. The first kappa shape index (κ1) is 18.1. The largest absolute Gasteiger partial charge is 0.433 e. The van der Waals surface area contributed by atoms with Gasteiger partial charge in [0.1, 0.15) is 5.75 Å². The van der Waals surface area contributed by atoms with Crippen LogP contribution in [0.2, 0.25) is 0 Å². The number of benzene rings is 2. The van der Waals surface area contributed by atoms with E-state index in [0.29, 0.717) is 12.1 Å². The standard InChI is InChI=1S/C20H20F2N2O2S/c1-27-14-5-6-17(24-8-7-13(25)11-24)15(10-14)16-9-12-3-2-4-18(19(12)23-16)26-20(21)22/h2-6,9-10,13,20,23,25H,7-8,11H2,1H3. The number of aromatic amines is 1. The van der Waals surface area contributed by atoms with Crippen molar-refractivity contribution < 1.29 is 18.6 Å². The number of thioether (sulfide) groups is 1. The van der Waals surface area contributed by atoms with E-state index in [9.17, 15) is 13.9 Å². The van der Waals surface area contributed by atoms with Gasteiger partial charge in [0.05, 0.1) is 11.6 Å². The zero-order valence-corrected chi connectivity index (χ0v) is 15.6. The average molecular weight is 390 g/mol. The number of alkyl halides is 2. The van der Waals surface area contributed by atoms with Crippen LogP contribution in [-0.4, -0.2) is 42.2 Å². The highest BCUT2D eigenvalue weighted by atomic mass is 32.2. The first-order valence-electron chi connectivity index (χ1n) is 8.73. The van der Waals surface area contributed by atoms with Gasteiger partial charge in [0.2, 0.25) is 0 Å². The highest BCUT2D eigenvalue weighted by Gasteiger charge is 2.23. The topological polar surface area (TPSA) is 48.5 Å².